The first-order valence-electron chi connectivity index (χ1n) is 8.83. The number of ether oxygens (including phenoxy) is 3. The van der Waals surface area contributed by atoms with Crippen LogP contribution in [0.5, 0.6) is 5.75 Å². The third kappa shape index (κ3) is 9.88. The molecule has 0 aliphatic heterocycles. The Morgan fingerprint density at radius 3 is 2.42 bits per heavy atom. The highest BCUT2D eigenvalue weighted by Crippen LogP contribution is 2.13. The van der Waals surface area contributed by atoms with Crippen molar-refractivity contribution in [1.29, 1.82) is 0 Å². The maximum atomic E-state index is 9.82. The second-order valence-electron chi connectivity index (χ2n) is 6.31. The molecule has 0 saturated carbocycles. The van der Waals surface area contributed by atoms with Crippen LogP contribution in [0, 0.1) is 0 Å². The Balaban J connectivity index is 2.18. The highest BCUT2D eigenvalue weighted by Gasteiger charge is 2.06. The van der Waals surface area contributed by atoms with Gasteiger partial charge in [-0.15, -0.1) is 0 Å². The summed E-state index contributed by atoms with van der Waals surface area (Å²) in [5.74, 6) is 0.752. The van der Waals surface area contributed by atoms with Gasteiger partial charge in [-0.3, -0.25) is 0 Å². The number of rotatable bonds is 13. The molecule has 2 unspecified atom stereocenters. The van der Waals surface area contributed by atoms with Gasteiger partial charge in [-0.25, -0.2) is 0 Å². The van der Waals surface area contributed by atoms with Crippen LogP contribution in [0.1, 0.15) is 39.7 Å². The second kappa shape index (κ2) is 12.3. The van der Waals surface area contributed by atoms with Crippen molar-refractivity contribution in [2.75, 3.05) is 26.4 Å². The molecule has 0 radical (unpaired) electrons. The summed E-state index contributed by atoms with van der Waals surface area (Å²) < 4.78 is 16.7. The van der Waals surface area contributed by atoms with Crippen LogP contribution in [0.25, 0.3) is 0 Å². The Hall–Kier alpha value is -1.14. The summed E-state index contributed by atoms with van der Waals surface area (Å²) in [6, 6.07) is 8.11. The fourth-order valence-corrected chi connectivity index (χ4v) is 1.92. The Kier molecular flexibility index (Phi) is 10.7. The van der Waals surface area contributed by atoms with Gasteiger partial charge in [0.25, 0.3) is 0 Å². The summed E-state index contributed by atoms with van der Waals surface area (Å²) in [6.07, 6.45) is 0.793. The summed E-state index contributed by atoms with van der Waals surface area (Å²) in [5.41, 5.74) is 1.09. The molecule has 0 saturated heterocycles. The van der Waals surface area contributed by atoms with Crippen molar-refractivity contribution in [2.45, 2.75) is 59.0 Å². The molecule has 0 aromatic heterocycles. The topological polar surface area (TPSA) is 60.0 Å². The number of hydrogen-bond donors (Lipinski definition) is 2. The van der Waals surface area contributed by atoms with Gasteiger partial charge in [-0.2, -0.15) is 0 Å². The summed E-state index contributed by atoms with van der Waals surface area (Å²) >= 11 is 0. The van der Waals surface area contributed by atoms with Gasteiger partial charge in [0.15, 0.2) is 0 Å². The normalized spacial score (nSPS) is 13.9. The molecule has 0 amide bonds. The lowest BCUT2D eigenvalue weighted by Gasteiger charge is -2.15. The number of aliphatic hydroxyl groups is 1. The van der Waals surface area contributed by atoms with E-state index in [1.165, 1.54) is 0 Å². The van der Waals surface area contributed by atoms with Crippen LogP contribution in [-0.4, -0.2) is 49.7 Å². The number of nitrogens with one attached hydrogen (secondary N) is 1. The van der Waals surface area contributed by atoms with Crippen LogP contribution in [-0.2, 0) is 16.1 Å². The zero-order chi connectivity index (χ0) is 17.8. The lowest BCUT2D eigenvalue weighted by molar-refractivity contribution is 0.00632. The first-order valence-corrected chi connectivity index (χ1v) is 8.83. The van der Waals surface area contributed by atoms with E-state index in [4.69, 9.17) is 14.2 Å². The molecule has 138 valence electrons. The zero-order valence-electron chi connectivity index (χ0n) is 15.5. The predicted molar refractivity (Wildman–Crippen MR) is 96.4 cm³/mol. The van der Waals surface area contributed by atoms with Crippen molar-refractivity contribution in [3.63, 3.8) is 0 Å². The van der Waals surface area contributed by atoms with Crippen LogP contribution in [0.15, 0.2) is 24.3 Å². The van der Waals surface area contributed by atoms with Gasteiger partial charge in [0.05, 0.1) is 25.9 Å². The van der Waals surface area contributed by atoms with Crippen molar-refractivity contribution in [2.24, 2.45) is 0 Å². The summed E-state index contributed by atoms with van der Waals surface area (Å²) in [4.78, 5) is 0. The predicted octanol–water partition coefficient (Wildman–Crippen LogP) is 2.76. The number of benzene rings is 1. The van der Waals surface area contributed by atoms with Crippen LogP contribution < -0.4 is 10.1 Å². The molecule has 0 fully saturated rings. The van der Waals surface area contributed by atoms with E-state index in [2.05, 4.69) is 19.2 Å². The Labute approximate surface area is 146 Å². The minimum Gasteiger partial charge on any atom is -0.491 e. The van der Waals surface area contributed by atoms with E-state index in [9.17, 15) is 5.11 Å². The molecule has 1 rings (SSSR count). The van der Waals surface area contributed by atoms with Crippen LogP contribution in [0.4, 0.5) is 0 Å². The number of hydrogen-bond acceptors (Lipinski definition) is 5. The Bertz CT molecular complexity index is 422. The van der Waals surface area contributed by atoms with Gasteiger partial charge in [0.2, 0.25) is 0 Å². The molecule has 2 N–H and O–H groups in total. The van der Waals surface area contributed by atoms with Crippen molar-refractivity contribution in [3.05, 3.63) is 29.8 Å². The fourth-order valence-electron chi connectivity index (χ4n) is 1.92. The molecule has 1 aromatic carbocycles. The van der Waals surface area contributed by atoms with E-state index in [0.717, 1.165) is 17.7 Å². The first-order chi connectivity index (χ1) is 11.5. The molecule has 0 heterocycles. The first kappa shape index (κ1) is 20.9. The highest BCUT2D eigenvalue weighted by molar-refractivity contribution is 5.26. The molecule has 2 atom stereocenters. The Morgan fingerprint density at radius 1 is 1.08 bits per heavy atom. The van der Waals surface area contributed by atoms with E-state index in [1.807, 2.05) is 38.1 Å². The average molecular weight is 339 g/mol. The fraction of sp³-hybridized carbons (Fsp3) is 0.684. The lowest BCUT2D eigenvalue weighted by atomic mass is 10.2. The molecular weight excluding hydrogens is 306 g/mol. The monoisotopic (exact) mass is 339 g/mol. The molecule has 24 heavy (non-hydrogen) atoms. The molecular formula is C19H33NO4. The maximum Gasteiger partial charge on any atom is 0.119 e. The molecule has 0 aliphatic carbocycles. The van der Waals surface area contributed by atoms with Gasteiger partial charge in [0, 0.05) is 12.6 Å². The highest BCUT2D eigenvalue weighted by atomic mass is 16.5. The van der Waals surface area contributed by atoms with Gasteiger partial charge in [0.1, 0.15) is 18.5 Å². The third-order valence-corrected chi connectivity index (χ3v) is 3.60. The van der Waals surface area contributed by atoms with Gasteiger partial charge < -0.3 is 24.6 Å². The standard InChI is InChI=1S/C19H33NO4/c1-5-16(4)23-11-10-22-13-17-6-8-19(9-7-17)24-14-18(21)12-20-15(2)3/h6-9,15-16,18,20-21H,5,10-14H2,1-4H3. The summed E-state index contributed by atoms with van der Waals surface area (Å²) in [5, 5.41) is 13.0. The van der Waals surface area contributed by atoms with E-state index < -0.39 is 6.10 Å². The Morgan fingerprint density at radius 2 is 1.79 bits per heavy atom. The quantitative estimate of drug-likeness (QED) is 0.541. The van der Waals surface area contributed by atoms with E-state index >= 15 is 0 Å². The van der Waals surface area contributed by atoms with Crippen LogP contribution >= 0.6 is 0 Å². The largest absolute Gasteiger partial charge is 0.491 e. The molecule has 1 aromatic rings. The third-order valence-electron chi connectivity index (χ3n) is 3.60. The van der Waals surface area contributed by atoms with Crippen molar-refractivity contribution in [1.82, 2.24) is 5.32 Å². The SMILES string of the molecule is CCC(C)OCCOCc1ccc(OCC(O)CNC(C)C)cc1. The van der Waals surface area contributed by atoms with Crippen molar-refractivity contribution < 1.29 is 19.3 Å². The second-order valence-corrected chi connectivity index (χ2v) is 6.31. The smallest absolute Gasteiger partial charge is 0.119 e. The van der Waals surface area contributed by atoms with Crippen molar-refractivity contribution >= 4 is 0 Å². The van der Waals surface area contributed by atoms with Crippen LogP contribution in [0.2, 0.25) is 0 Å². The van der Waals surface area contributed by atoms with Crippen LogP contribution in [0.3, 0.4) is 0 Å². The number of aliphatic hydroxyl groups excluding tert-OH is 1. The van der Waals surface area contributed by atoms with Gasteiger partial charge in [-0.1, -0.05) is 32.9 Å². The average Bonchev–Trinajstić information content (AvgIpc) is 2.58. The van der Waals surface area contributed by atoms with E-state index in [1.54, 1.807) is 0 Å². The lowest BCUT2D eigenvalue weighted by Crippen LogP contribution is -2.35. The van der Waals surface area contributed by atoms with Gasteiger partial charge in [-0.05, 0) is 31.0 Å². The minimum atomic E-state index is -0.513. The maximum absolute atomic E-state index is 9.82. The molecule has 0 aliphatic rings. The zero-order valence-corrected chi connectivity index (χ0v) is 15.5. The van der Waals surface area contributed by atoms with E-state index in [-0.39, 0.29) is 12.7 Å². The summed E-state index contributed by atoms with van der Waals surface area (Å²) in [6.45, 7) is 10.9. The van der Waals surface area contributed by atoms with Crippen molar-refractivity contribution in [3.8, 4) is 5.75 Å². The molecule has 0 spiro atoms. The molecule has 5 heteroatoms. The molecule has 5 nitrogen and oxygen atoms in total. The molecule has 0 bridgehead atoms. The van der Waals surface area contributed by atoms with Gasteiger partial charge >= 0.3 is 0 Å². The summed E-state index contributed by atoms with van der Waals surface area (Å²) in [7, 11) is 0. The minimum absolute atomic E-state index is 0.280. The van der Waals surface area contributed by atoms with E-state index in [0.29, 0.717) is 32.4 Å².